The minimum absolute atomic E-state index is 0.0138. The number of hydrogen-bond donors (Lipinski definition) is 2. The zero-order chi connectivity index (χ0) is 24.2. The lowest BCUT2D eigenvalue weighted by molar-refractivity contribution is 0.362. The first-order valence-electron chi connectivity index (χ1n) is 10.7. The van der Waals surface area contributed by atoms with E-state index in [1.54, 1.807) is 31.6 Å². The fourth-order valence-corrected chi connectivity index (χ4v) is 5.51. The molecule has 5 heterocycles. The number of methoxy groups -OCH3 is 1. The molecule has 0 saturated carbocycles. The molecule has 11 heteroatoms. The molecule has 176 valence electrons. The van der Waals surface area contributed by atoms with Crippen molar-refractivity contribution in [2.45, 2.75) is 12.0 Å². The van der Waals surface area contributed by atoms with E-state index < -0.39 is 11.5 Å². The van der Waals surface area contributed by atoms with Crippen molar-refractivity contribution < 1.29 is 13.9 Å². The van der Waals surface area contributed by atoms with Crippen LogP contribution in [-0.2, 0) is 5.54 Å². The van der Waals surface area contributed by atoms with Crippen molar-refractivity contribution >= 4 is 50.9 Å². The Balaban J connectivity index is 1.48. The molecule has 2 aliphatic heterocycles. The van der Waals surface area contributed by atoms with Gasteiger partial charge in [-0.05, 0) is 42.8 Å². The van der Waals surface area contributed by atoms with E-state index in [4.69, 9.17) is 31.8 Å². The topological polar surface area (TPSA) is 108 Å². The van der Waals surface area contributed by atoms with Gasteiger partial charge in [-0.2, -0.15) is 4.39 Å². The summed E-state index contributed by atoms with van der Waals surface area (Å²) in [5, 5.41) is 4.67. The van der Waals surface area contributed by atoms with Crippen LogP contribution in [0.15, 0.2) is 53.8 Å². The van der Waals surface area contributed by atoms with Gasteiger partial charge in [0, 0.05) is 34.2 Å². The fraction of sp³-hybridized carbons (Fsp3) is 0.167. The predicted molar refractivity (Wildman–Crippen MR) is 135 cm³/mol. The van der Waals surface area contributed by atoms with Gasteiger partial charge in [-0.3, -0.25) is 0 Å². The summed E-state index contributed by atoms with van der Waals surface area (Å²) in [6, 6.07) is 10.9. The quantitative estimate of drug-likeness (QED) is 0.356. The molecular weight excluding hydrogens is 491 g/mol. The van der Waals surface area contributed by atoms with Gasteiger partial charge in [0.05, 0.1) is 13.3 Å². The van der Waals surface area contributed by atoms with Gasteiger partial charge in [0.2, 0.25) is 0 Å². The Bertz CT molecular complexity index is 1530. The van der Waals surface area contributed by atoms with Gasteiger partial charge < -0.3 is 20.5 Å². The lowest BCUT2D eigenvalue weighted by Gasteiger charge is -2.39. The summed E-state index contributed by atoms with van der Waals surface area (Å²) in [6.07, 6.45) is 3.93. The van der Waals surface area contributed by atoms with Crippen molar-refractivity contribution in [3.8, 4) is 17.2 Å². The molecule has 0 unspecified atom stereocenters. The minimum atomic E-state index is -0.957. The highest BCUT2D eigenvalue weighted by Crippen LogP contribution is 2.54. The number of rotatable bonds is 3. The maximum Gasteiger partial charge on any atom is 0.257 e. The number of nitrogens with one attached hydrogen (secondary N) is 1. The van der Waals surface area contributed by atoms with E-state index in [2.05, 4.69) is 20.3 Å². The number of fused-ring (bicyclic) bond motifs is 5. The zero-order valence-corrected chi connectivity index (χ0v) is 20.0. The summed E-state index contributed by atoms with van der Waals surface area (Å²) in [4.78, 5) is 17.5. The molecule has 0 aliphatic carbocycles. The normalized spacial score (nSPS) is 18.4. The summed E-state index contributed by atoms with van der Waals surface area (Å²) in [5.41, 5.74) is 7.88. The lowest BCUT2D eigenvalue weighted by Crippen LogP contribution is -2.36. The molecule has 3 aromatic heterocycles. The molecular formula is C24H18ClFN6O2S. The van der Waals surface area contributed by atoms with Crippen LogP contribution in [0.3, 0.4) is 0 Å². The summed E-state index contributed by atoms with van der Waals surface area (Å²) in [6.45, 7) is 0. The predicted octanol–water partition coefficient (Wildman–Crippen LogP) is 5.37. The van der Waals surface area contributed by atoms with Crippen LogP contribution in [0.1, 0.15) is 17.5 Å². The average Bonchev–Trinajstić information content (AvgIpc) is 2.85. The second-order valence-corrected chi connectivity index (χ2v) is 9.57. The molecule has 2 aliphatic rings. The van der Waals surface area contributed by atoms with Crippen molar-refractivity contribution in [2.75, 3.05) is 18.2 Å². The van der Waals surface area contributed by atoms with Crippen molar-refractivity contribution in [1.82, 2.24) is 15.0 Å². The maximum atomic E-state index is 14.8. The molecule has 35 heavy (non-hydrogen) atoms. The van der Waals surface area contributed by atoms with Gasteiger partial charge in [0.1, 0.15) is 27.7 Å². The van der Waals surface area contributed by atoms with Gasteiger partial charge in [-0.25, -0.2) is 19.9 Å². The van der Waals surface area contributed by atoms with E-state index in [1.165, 1.54) is 11.8 Å². The maximum absolute atomic E-state index is 14.8. The van der Waals surface area contributed by atoms with Crippen LogP contribution in [0.5, 0.6) is 17.2 Å². The Kier molecular flexibility index (Phi) is 5.15. The summed E-state index contributed by atoms with van der Waals surface area (Å²) in [5.74, 6) is 1.64. The van der Waals surface area contributed by atoms with E-state index in [0.29, 0.717) is 45.7 Å². The van der Waals surface area contributed by atoms with Crippen LogP contribution in [0.4, 0.5) is 15.9 Å². The number of pyridine rings is 3. The lowest BCUT2D eigenvalue weighted by atomic mass is 9.78. The zero-order valence-electron chi connectivity index (χ0n) is 18.4. The van der Waals surface area contributed by atoms with Crippen LogP contribution in [-0.4, -0.2) is 33.0 Å². The number of amidine groups is 1. The highest BCUT2D eigenvalue weighted by molar-refractivity contribution is 8.13. The molecule has 1 aromatic carbocycles. The molecule has 0 amide bonds. The van der Waals surface area contributed by atoms with Gasteiger partial charge in [0.25, 0.3) is 5.95 Å². The number of hydrogen-bond acceptors (Lipinski definition) is 9. The van der Waals surface area contributed by atoms with E-state index in [-0.39, 0.29) is 10.9 Å². The molecule has 4 aromatic rings. The van der Waals surface area contributed by atoms with Crippen molar-refractivity contribution in [3.05, 3.63) is 71.0 Å². The summed E-state index contributed by atoms with van der Waals surface area (Å²) >= 11 is 7.59. The third-order valence-electron chi connectivity index (χ3n) is 6.07. The highest BCUT2D eigenvalue weighted by atomic mass is 35.5. The van der Waals surface area contributed by atoms with E-state index in [9.17, 15) is 4.39 Å². The largest absolute Gasteiger partial charge is 0.495 e. The summed E-state index contributed by atoms with van der Waals surface area (Å²) < 4.78 is 26.0. The number of anilines is 2. The minimum Gasteiger partial charge on any atom is -0.495 e. The molecule has 1 atom stereocenters. The fourth-order valence-electron chi connectivity index (χ4n) is 4.50. The van der Waals surface area contributed by atoms with Crippen molar-refractivity contribution in [1.29, 1.82) is 0 Å². The Morgan fingerprint density at radius 3 is 2.91 bits per heavy atom. The van der Waals surface area contributed by atoms with Crippen LogP contribution in [0, 0.1) is 5.95 Å². The Morgan fingerprint density at radius 2 is 2.09 bits per heavy atom. The first kappa shape index (κ1) is 21.9. The Hall–Kier alpha value is -3.63. The SMILES string of the molecule is COc1cnc2c(Nc3ccc4c(c3)[C@@]3(CCSC(N)=N3)c3cc(Cl)nc(F)c3O4)nccc2c1. The second-order valence-electron chi connectivity index (χ2n) is 8.07. The van der Waals surface area contributed by atoms with Gasteiger partial charge >= 0.3 is 0 Å². The first-order valence-corrected chi connectivity index (χ1v) is 12.1. The molecule has 6 rings (SSSR count). The molecule has 8 nitrogen and oxygen atoms in total. The molecule has 0 radical (unpaired) electrons. The molecule has 0 saturated heterocycles. The third kappa shape index (κ3) is 3.60. The first-order chi connectivity index (χ1) is 17.0. The molecule has 3 N–H and O–H groups in total. The van der Waals surface area contributed by atoms with Crippen LogP contribution in [0.2, 0.25) is 5.15 Å². The second kappa shape index (κ2) is 8.24. The Morgan fingerprint density at radius 1 is 1.20 bits per heavy atom. The van der Waals surface area contributed by atoms with Crippen molar-refractivity contribution in [3.63, 3.8) is 0 Å². The van der Waals surface area contributed by atoms with Crippen molar-refractivity contribution in [2.24, 2.45) is 10.7 Å². The molecule has 0 bridgehead atoms. The Labute approximate surface area is 208 Å². The molecule has 1 spiro atoms. The van der Waals surface area contributed by atoms with Gasteiger partial charge in [-0.1, -0.05) is 23.4 Å². The highest BCUT2D eigenvalue weighted by Gasteiger charge is 2.45. The van der Waals surface area contributed by atoms with E-state index in [1.807, 2.05) is 24.3 Å². The number of aromatic nitrogens is 3. The van der Waals surface area contributed by atoms with Crippen LogP contribution < -0.4 is 20.5 Å². The number of ether oxygens (including phenoxy) is 2. The number of aliphatic imine (C=N–C) groups is 1. The summed E-state index contributed by atoms with van der Waals surface area (Å²) in [7, 11) is 1.60. The number of thioether (sulfide) groups is 1. The number of halogens is 2. The number of nitrogens with two attached hydrogens (primary N) is 1. The smallest absolute Gasteiger partial charge is 0.257 e. The monoisotopic (exact) mass is 508 g/mol. The van der Waals surface area contributed by atoms with Crippen LogP contribution >= 0.6 is 23.4 Å². The number of benzene rings is 1. The van der Waals surface area contributed by atoms with E-state index in [0.717, 1.165) is 16.6 Å². The molecule has 0 fully saturated rings. The van der Waals surface area contributed by atoms with Gasteiger partial charge in [-0.15, -0.1) is 0 Å². The van der Waals surface area contributed by atoms with E-state index >= 15 is 0 Å². The van der Waals surface area contributed by atoms with Gasteiger partial charge in [0.15, 0.2) is 16.7 Å². The third-order valence-corrected chi connectivity index (χ3v) is 7.06. The standard InChI is InChI=1S/C24H18ClFN6O2S/c1-33-14-8-12-4-6-28-22(19(12)29-11-14)30-13-2-3-17-15(9-13)24(5-7-35-23(27)32-24)16-10-18(25)31-21(26)20(16)34-17/h2-4,6,8-11H,5,7H2,1H3,(H2,27,32)(H,28,30)/t24-/m0/s1. The number of nitrogens with zero attached hydrogens (tertiary/aromatic N) is 4. The average molecular weight is 509 g/mol. The van der Waals surface area contributed by atoms with Crippen LogP contribution in [0.25, 0.3) is 10.9 Å².